The molecular formula is C10H14F2N2O2. The Balaban J connectivity index is 2.77. The summed E-state index contributed by atoms with van der Waals surface area (Å²) in [5.41, 5.74) is 5.14. The van der Waals surface area contributed by atoms with Crippen molar-refractivity contribution in [2.45, 2.75) is 25.8 Å². The molecule has 1 aliphatic heterocycles. The molecule has 1 heterocycles. The predicted octanol–water partition coefficient (Wildman–Crippen LogP) is 0.879. The van der Waals surface area contributed by atoms with Gasteiger partial charge in [-0.25, -0.2) is 0 Å². The third-order valence-electron chi connectivity index (χ3n) is 2.70. The molecule has 0 aromatic heterocycles. The highest BCUT2D eigenvalue weighted by atomic mass is 19.3. The van der Waals surface area contributed by atoms with E-state index in [1.807, 2.05) is 0 Å². The number of carbonyl (C=O) groups excluding carboxylic acids is 2. The van der Waals surface area contributed by atoms with Crippen LogP contribution < -0.4 is 5.73 Å². The van der Waals surface area contributed by atoms with Gasteiger partial charge in [-0.3, -0.25) is 9.59 Å². The molecule has 0 aromatic rings. The van der Waals surface area contributed by atoms with Crippen molar-refractivity contribution in [2.75, 3.05) is 6.54 Å². The maximum absolute atomic E-state index is 12.0. The monoisotopic (exact) mass is 232 g/mol. The fourth-order valence-corrected chi connectivity index (χ4v) is 1.92. The number of hydrogen-bond donors (Lipinski definition) is 1. The van der Waals surface area contributed by atoms with Crippen LogP contribution >= 0.6 is 0 Å². The topological polar surface area (TPSA) is 63.4 Å². The number of hydrogen-bond acceptors (Lipinski definition) is 2. The second kappa shape index (κ2) is 5.05. The van der Waals surface area contributed by atoms with Gasteiger partial charge in [-0.2, -0.15) is 8.78 Å². The molecule has 2 atom stereocenters. The zero-order valence-corrected chi connectivity index (χ0v) is 8.95. The van der Waals surface area contributed by atoms with Crippen LogP contribution in [-0.4, -0.2) is 29.3 Å². The minimum absolute atomic E-state index is 0.300. The van der Waals surface area contributed by atoms with Gasteiger partial charge in [-0.15, -0.1) is 0 Å². The first-order valence-electron chi connectivity index (χ1n) is 5.10. The van der Waals surface area contributed by atoms with E-state index in [2.05, 4.69) is 0 Å². The van der Waals surface area contributed by atoms with Crippen LogP contribution in [-0.2, 0) is 9.59 Å². The molecule has 0 aromatic carbocycles. The van der Waals surface area contributed by atoms with Crippen molar-refractivity contribution < 1.29 is 18.4 Å². The fraction of sp³-hybridized carbons (Fsp3) is 0.600. The molecule has 2 amide bonds. The predicted molar refractivity (Wildman–Crippen MR) is 53.4 cm³/mol. The lowest BCUT2D eigenvalue weighted by Crippen LogP contribution is -2.45. The summed E-state index contributed by atoms with van der Waals surface area (Å²) in [6.45, 7) is 2.02. The van der Waals surface area contributed by atoms with E-state index < -0.39 is 29.9 Å². The van der Waals surface area contributed by atoms with E-state index in [0.29, 0.717) is 25.5 Å². The van der Waals surface area contributed by atoms with E-state index in [1.165, 1.54) is 4.90 Å². The van der Waals surface area contributed by atoms with E-state index in [0.717, 1.165) is 0 Å². The van der Waals surface area contributed by atoms with E-state index in [1.54, 1.807) is 6.92 Å². The third-order valence-corrected chi connectivity index (χ3v) is 2.70. The summed E-state index contributed by atoms with van der Waals surface area (Å²) in [6.07, 6.45) is -0.529. The molecular weight excluding hydrogens is 218 g/mol. The second-order valence-electron chi connectivity index (χ2n) is 3.71. The molecule has 0 saturated carbocycles. The van der Waals surface area contributed by atoms with Crippen LogP contribution in [0.4, 0.5) is 8.78 Å². The molecule has 0 bridgehead atoms. The van der Waals surface area contributed by atoms with Crippen molar-refractivity contribution in [3.05, 3.63) is 12.2 Å². The summed E-state index contributed by atoms with van der Waals surface area (Å²) in [7, 11) is 0. The Morgan fingerprint density at radius 1 is 1.69 bits per heavy atom. The normalized spacial score (nSPS) is 22.1. The van der Waals surface area contributed by atoms with Crippen molar-refractivity contribution in [1.82, 2.24) is 4.90 Å². The van der Waals surface area contributed by atoms with Gasteiger partial charge in [0.05, 0.1) is 5.92 Å². The Labute approximate surface area is 92.1 Å². The molecule has 0 radical (unpaired) electrons. The Bertz CT molecular complexity index is 327. The fourth-order valence-electron chi connectivity index (χ4n) is 1.92. The highest BCUT2D eigenvalue weighted by Crippen LogP contribution is 2.24. The summed E-state index contributed by atoms with van der Waals surface area (Å²) in [5, 5.41) is 0. The van der Waals surface area contributed by atoms with Crippen molar-refractivity contribution in [1.29, 1.82) is 0 Å². The zero-order chi connectivity index (χ0) is 12.3. The number of nitrogens with zero attached hydrogens (tertiary/aromatic N) is 1. The van der Waals surface area contributed by atoms with Crippen LogP contribution in [0.3, 0.4) is 0 Å². The van der Waals surface area contributed by atoms with E-state index in [9.17, 15) is 18.4 Å². The summed E-state index contributed by atoms with van der Waals surface area (Å²) in [4.78, 5) is 24.0. The Hall–Kier alpha value is -1.46. The van der Waals surface area contributed by atoms with E-state index in [-0.39, 0.29) is 0 Å². The minimum atomic E-state index is -1.87. The van der Waals surface area contributed by atoms with Crippen LogP contribution in [0.2, 0.25) is 0 Å². The van der Waals surface area contributed by atoms with Gasteiger partial charge in [0.2, 0.25) is 11.8 Å². The lowest BCUT2D eigenvalue weighted by atomic mass is 10.1. The van der Waals surface area contributed by atoms with E-state index >= 15 is 0 Å². The average Bonchev–Trinajstić information content (AvgIpc) is 2.50. The highest BCUT2D eigenvalue weighted by molar-refractivity contribution is 5.89. The van der Waals surface area contributed by atoms with Gasteiger partial charge in [0.1, 0.15) is 6.04 Å². The lowest BCUT2D eigenvalue weighted by molar-refractivity contribution is -0.137. The largest absolute Gasteiger partial charge is 0.368 e. The molecule has 0 unspecified atom stereocenters. The molecule has 16 heavy (non-hydrogen) atoms. The van der Waals surface area contributed by atoms with Gasteiger partial charge in [0, 0.05) is 6.54 Å². The maximum atomic E-state index is 12.0. The number of amides is 2. The number of nitrogens with two attached hydrogens (primary N) is 1. The van der Waals surface area contributed by atoms with Crippen molar-refractivity contribution >= 4 is 11.8 Å². The van der Waals surface area contributed by atoms with Gasteiger partial charge in [0.25, 0.3) is 6.08 Å². The number of primary amides is 1. The molecule has 1 fully saturated rings. The Morgan fingerprint density at radius 2 is 2.31 bits per heavy atom. The first-order chi connectivity index (χ1) is 7.47. The summed E-state index contributed by atoms with van der Waals surface area (Å²) in [6, 6.07) is -0.687. The number of likely N-dealkylation sites (tertiary alicyclic amines) is 1. The summed E-state index contributed by atoms with van der Waals surface area (Å²) in [5.74, 6) is -1.86. The number of rotatable bonds is 4. The Morgan fingerprint density at radius 3 is 2.75 bits per heavy atom. The maximum Gasteiger partial charge on any atom is 0.267 e. The van der Waals surface area contributed by atoms with Crippen molar-refractivity contribution in [3.8, 4) is 0 Å². The molecule has 90 valence electrons. The third kappa shape index (κ3) is 2.56. The van der Waals surface area contributed by atoms with Gasteiger partial charge >= 0.3 is 0 Å². The van der Waals surface area contributed by atoms with Gasteiger partial charge in [-0.05, 0) is 18.9 Å². The van der Waals surface area contributed by atoms with Crippen molar-refractivity contribution in [2.24, 2.45) is 11.7 Å². The zero-order valence-electron chi connectivity index (χ0n) is 8.95. The van der Waals surface area contributed by atoms with Gasteiger partial charge in [-0.1, -0.05) is 6.92 Å². The molecule has 4 nitrogen and oxygen atoms in total. The molecule has 1 rings (SSSR count). The molecule has 1 saturated heterocycles. The van der Waals surface area contributed by atoms with Gasteiger partial charge in [0.15, 0.2) is 0 Å². The molecule has 2 N–H and O–H groups in total. The summed E-state index contributed by atoms with van der Waals surface area (Å²) >= 11 is 0. The van der Waals surface area contributed by atoms with Crippen LogP contribution in [0.5, 0.6) is 0 Å². The van der Waals surface area contributed by atoms with E-state index in [4.69, 9.17) is 5.73 Å². The van der Waals surface area contributed by atoms with Crippen LogP contribution in [0.1, 0.15) is 19.8 Å². The molecule has 0 aliphatic carbocycles. The smallest absolute Gasteiger partial charge is 0.267 e. The van der Waals surface area contributed by atoms with Gasteiger partial charge < -0.3 is 10.6 Å². The van der Waals surface area contributed by atoms with Crippen LogP contribution in [0, 0.1) is 5.92 Å². The molecule has 6 heteroatoms. The van der Waals surface area contributed by atoms with Crippen molar-refractivity contribution in [3.63, 3.8) is 0 Å². The molecule has 0 spiro atoms. The number of halogens is 2. The lowest BCUT2D eigenvalue weighted by Gasteiger charge is -2.23. The first-order valence-corrected chi connectivity index (χ1v) is 5.10. The Kier molecular flexibility index (Phi) is 3.98. The quantitative estimate of drug-likeness (QED) is 0.782. The molecule has 1 aliphatic rings. The minimum Gasteiger partial charge on any atom is -0.368 e. The standard InChI is InChI=1S/C10H14F2N2O2/c1-2-7(9(13)15)14-4-3-6(10(14)16)5-8(11)12/h5-7H,2-4H2,1H3,(H2,13,15)/t6-,7-/m0/s1. The number of carbonyl (C=O) groups is 2. The summed E-state index contributed by atoms with van der Waals surface area (Å²) < 4.78 is 24.1. The first kappa shape index (κ1) is 12.6. The average molecular weight is 232 g/mol. The highest BCUT2D eigenvalue weighted by Gasteiger charge is 2.36. The second-order valence-corrected chi connectivity index (χ2v) is 3.71. The van der Waals surface area contributed by atoms with Crippen LogP contribution in [0.25, 0.3) is 0 Å². The SMILES string of the molecule is CC[C@@H](C(N)=O)N1CC[C@@H](C=C(F)F)C1=O. The van der Waals surface area contributed by atoms with Crippen LogP contribution in [0.15, 0.2) is 12.2 Å².